The molecule has 2 aromatic rings. The van der Waals surface area contributed by atoms with Crippen LogP contribution in [0, 0.1) is 6.92 Å². The summed E-state index contributed by atoms with van der Waals surface area (Å²) in [6.45, 7) is 1.91. The first kappa shape index (κ1) is 12.5. The van der Waals surface area contributed by atoms with E-state index in [2.05, 4.69) is 0 Å². The smallest absolute Gasteiger partial charge is 0.105 e. The van der Waals surface area contributed by atoms with E-state index in [1.54, 1.807) is 12.3 Å². The molecule has 1 heterocycles. The van der Waals surface area contributed by atoms with Crippen molar-refractivity contribution in [3.63, 3.8) is 0 Å². The number of hydrogen-bond donors (Lipinski definition) is 1. The number of halogens is 2. The monoisotopic (exact) mass is 269 g/mol. The van der Waals surface area contributed by atoms with Gasteiger partial charge >= 0.3 is 0 Å². The first-order chi connectivity index (χ1) is 8.08. The topological polar surface area (TPSA) is 39.2 Å². The summed E-state index contributed by atoms with van der Waals surface area (Å²) in [6.07, 6.45) is 2.36. The van der Waals surface area contributed by atoms with Crippen molar-refractivity contribution in [3.05, 3.63) is 57.5 Å². The van der Waals surface area contributed by atoms with Gasteiger partial charge in [0.25, 0.3) is 0 Å². The molecule has 0 saturated heterocycles. The van der Waals surface area contributed by atoms with Gasteiger partial charge in [0.15, 0.2) is 0 Å². The van der Waals surface area contributed by atoms with E-state index in [1.807, 2.05) is 25.1 Å². The summed E-state index contributed by atoms with van der Waals surface area (Å²) in [4.78, 5) is 0. The summed E-state index contributed by atoms with van der Waals surface area (Å²) in [5, 5.41) is 1.11. The summed E-state index contributed by atoms with van der Waals surface area (Å²) >= 11 is 11.8. The number of rotatable bonds is 3. The molecule has 1 unspecified atom stereocenters. The quantitative estimate of drug-likeness (QED) is 0.910. The molecule has 0 aliphatic carbocycles. The van der Waals surface area contributed by atoms with Crippen LogP contribution in [0.4, 0.5) is 0 Å². The van der Waals surface area contributed by atoms with Gasteiger partial charge in [-0.25, -0.2) is 0 Å². The Morgan fingerprint density at radius 2 is 2.00 bits per heavy atom. The maximum atomic E-state index is 6.12. The highest BCUT2D eigenvalue weighted by Crippen LogP contribution is 2.26. The van der Waals surface area contributed by atoms with Crippen LogP contribution in [0.15, 0.2) is 34.9 Å². The molecule has 90 valence electrons. The summed E-state index contributed by atoms with van der Waals surface area (Å²) in [5.74, 6) is 0.859. The SMILES string of the molecule is Cc1occc1C(N)Cc1ccc(Cl)c(Cl)c1. The van der Waals surface area contributed by atoms with Gasteiger partial charge in [-0.15, -0.1) is 0 Å². The lowest BCUT2D eigenvalue weighted by Crippen LogP contribution is -2.13. The lowest BCUT2D eigenvalue weighted by atomic mass is 10.0. The molecule has 4 heteroatoms. The molecule has 0 aliphatic rings. The first-order valence-electron chi connectivity index (χ1n) is 5.31. The molecule has 17 heavy (non-hydrogen) atoms. The van der Waals surface area contributed by atoms with E-state index in [1.165, 1.54) is 0 Å². The van der Waals surface area contributed by atoms with Crippen LogP contribution in [-0.4, -0.2) is 0 Å². The van der Waals surface area contributed by atoms with Crippen LogP contribution in [0.2, 0.25) is 10.0 Å². The molecule has 1 atom stereocenters. The zero-order chi connectivity index (χ0) is 12.4. The Hall–Kier alpha value is -0.960. The van der Waals surface area contributed by atoms with E-state index in [9.17, 15) is 0 Å². The molecule has 0 amide bonds. The van der Waals surface area contributed by atoms with Crippen molar-refractivity contribution < 1.29 is 4.42 Å². The molecule has 1 aromatic carbocycles. The molecule has 0 radical (unpaired) electrons. The van der Waals surface area contributed by atoms with Crippen molar-refractivity contribution >= 4 is 23.2 Å². The Morgan fingerprint density at radius 3 is 2.59 bits per heavy atom. The predicted octanol–water partition coefficient (Wildman–Crippen LogP) is 4.14. The van der Waals surface area contributed by atoms with Crippen LogP contribution in [0.5, 0.6) is 0 Å². The van der Waals surface area contributed by atoms with Crippen molar-refractivity contribution in [3.8, 4) is 0 Å². The molecule has 1 aromatic heterocycles. The van der Waals surface area contributed by atoms with Gasteiger partial charge in [0, 0.05) is 11.6 Å². The molecule has 0 saturated carbocycles. The van der Waals surface area contributed by atoms with Crippen molar-refractivity contribution in [2.45, 2.75) is 19.4 Å². The molecular formula is C13H13Cl2NO. The van der Waals surface area contributed by atoms with Crippen molar-refractivity contribution in [2.24, 2.45) is 5.73 Å². The molecule has 0 bridgehead atoms. The van der Waals surface area contributed by atoms with Crippen LogP contribution >= 0.6 is 23.2 Å². The standard InChI is InChI=1S/C13H13Cl2NO/c1-8-10(4-5-17-8)13(16)7-9-2-3-11(14)12(15)6-9/h2-6,13H,7,16H2,1H3. The Labute approximate surface area is 110 Å². The van der Waals surface area contributed by atoms with Crippen LogP contribution < -0.4 is 5.73 Å². The molecule has 2 nitrogen and oxygen atoms in total. The zero-order valence-corrected chi connectivity index (χ0v) is 10.9. The van der Waals surface area contributed by atoms with Crippen molar-refractivity contribution in [1.29, 1.82) is 0 Å². The third-order valence-electron chi connectivity index (χ3n) is 2.74. The van der Waals surface area contributed by atoms with E-state index in [0.717, 1.165) is 16.9 Å². The van der Waals surface area contributed by atoms with E-state index in [0.29, 0.717) is 16.5 Å². The number of furan rings is 1. The van der Waals surface area contributed by atoms with E-state index in [-0.39, 0.29) is 6.04 Å². The van der Waals surface area contributed by atoms with Gasteiger partial charge in [0.1, 0.15) is 5.76 Å². The zero-order valence-electron chi connectivity index (χ0n) is 9.41. The molecule has 0 fully saturated rings. The normalized spacial score (nSPS) is 12.7. The minimum absolute atomic E-state index is 0.0917. The third-order valence-corrected chi connectivity index (χ3v) is 3.48. The summed E-state index contributed by atoms with van der Waals surface area (Å²) in [5.41, 5.74) is 8.21. The van der Waals surface area contributed by atoms with Crippen LogP contribution in [0.1, 0.15) is 22.9 Å². The largest absolute Gasteiger partial charge is 0.469 e. The van der Waals surface area contributed by atoms with E-state index < -0.39 is 0 Å². The predicted molar refractivity (Wildman–Crippen MR) is 70.5 cm³/mol. The number of nitrogens with two attached hydrogens (primary N) is 1. The number of aryl methyl sites for hydroxylation is 1. The summed E-state index contributed by atoms with van der Waals surface area (Å²) < 4.78 is 5.24. The molecular weight excluding hydrogens is 257 g/mol. The molecule has 2 rings (SSSR count). The highest BCUT2D eigenvalue weighted by atomic mass is 35.5. The van der Waals surface area contributed by atoms with E-state index in [4.69, 9.17) is 33.4 Å². The second-order valence-electron chi connectivity index (χ2n) is 3.99. The highest BCUT2D eigenvalue weighted by molar-refractivity contribution is 6.42. The lowest BCUT2D eigenvalue weighted by Gasteiger charge is -2.11. The van der Waals surface area contributed by atoms with Gasteiger partial charge < -0.3 is 10.2 Å². The van der Waals surface area contributed by atoms with Crippen LogP contribution in [-0.2, 0) is 6.42 Å². The fraction of sp³-hybridized carbons (Fsp3) is 0.231. The van der Waals surface area contributed by atoms with Crippen molar-refractivity contribution in [1.82, 2.24) is 0 Å². The summed E-state index contributed by atoms with van der Waals surface area (Å²) in [7, 11) is 0. The minimum atomic E-state index is -0.0917. The number of benzene rings is 1. The van der Waals surface area contributed by atoms with E-state index >= 15 is 0 Å². The molecule has 2 N–H and O–H groups in total. The third kappa shape index (κ3) is 2.83. The fourth-order valence-corrected chi connectivity index (χ4v) is 2.13. The van der Waals surface area contributed by atoms with Gasteiger partial charge in [-0.05, 0) is 37.1 Å². The lowest BCUT2D eigenvalue weighted by molar-refractivity contribution is 0.524. The van der Waals surface area contributed by atoms with Crippen molar-refractivity contribution in [2.75, 3.05) is 0 Å². The average molecular weight is 270 g/mol. The van der Waals surface area contributed by atoms with Gasteiger partial charge in [-0.2, -0.15) is 0 Å². The Balaban J connectivity index is 2.16. The van der Waals surface area contributed by atoms with Gasteiger partial charge in [-0.1, -0.05) is 29.3 Å². The Bertz CT molecular complexity index is 522. The Kier molecular flexibility index (Phi) is 3.77. The number of hydrogen-bond acceptors (Lipinski definition) is 2. The van der Waals surface area contributed by atoms with Crippen LogP contribution in [0.3, 0.4) is 0 Å². The minimum Gasteiger partial charge on any atom is -0.469 e. The maximum absolute atomic E-state index is 6.12. The second kappa shape index (κ2) is 5.13. The van der Waals surface area contributed by atoms with Gasteiger partial charge in [0.05, 0.1) is 16.3 Å². The van der Waals surface area contributed by atoms with Crippen LogP contribution in [0.25, 0.3) is 0 Å². The molecule has 0 aliphatic heterocycles. The second-order valence-corrected chi connectivity index (χ2v) is 4.81. The summed E-state index contributed by atoms with van der Waals surface area (Å²) in [6, 6.07) is 7.37. The first-order valence-corrected chi connectivity index (χ1v) is 6.07. The highest BCUT2D eigenvalue weighted by Gasteiger charge is 2.12. The Morgan fingerprint density at radius 1 is 1.24 bits per heavy atom. The fourth-order valence-electron chi connectivity index (χ4n) is 1.81. The van der Waals surface area contributed by atoms with Gasteiger partial charge in [0.2, 0.25) is 0 Å². The average Bonchev–Trinajstić information content (AvgIpc) is 2.70. The maximum Gasteiger partial charge on any atom is 0.105 e. The molecule has 0 spiro atoms. The van der Waals surface area contributed by atoms with Gasteiger partial charge in [-0.3, -0.25) is 0 Å².